The van der Waals surface area contributed by atoms with Crippen LogP contribution in [-0.2, 0) is 11.8 Å². The number of fused-ring (bicyclic) bond motifs is 1. The van der Waals surface area contributed by atoms with Crippen LogP contribution in [0.15, 0.2) is 24.5 Å². The summed E-state index contributed by atoms with van der Waals surface area (Å²) in [5, 5.41) is 0. The van der Waals surface area contributed by atoms with Crippen molar-refractivity contribution in [1.82, 2.24) is 24.4 Å². The average Bonchev–Trinajstić information content (AvgIpc) is 3.33. The van der Waals surface area contributed by atoms with Crippen LogP contribution in [-0.4, -0.2) is 56.6 Å². The molecule has 2 aromatic heterocycles. The van der Waals surface area contributed by atoms with E-state index < -0.39 is 0 Å². The molecule has 1 aliphatic rings. The molecule has 4 rings (SSSR count). The summed E-state index contributed by atoms with van der Waals surface area (Å²) in [5.74, 6) is 2.23. The van der Waals surface area contributed by atoms with E-state index in [4.69, 9.17) is 14.5 Å². The van der Waals surface area contributed by atoms with E-state index in [9.17, 15) is 4.79 Å². The molecule has 1 saturated heterocycles. The molecule has 1 aliphatic heterocycles. The summed E-state index contributed by atoms with van der Waals surface area (Å²) in [6, 6.07) is 5.95. The van der Waals surface area contributed by atoms with E-state index in [2.05, 4.69) is 9.97 Å². The van der Waals surface area contributed by atoms with Crippen LogP contribution in [0.4, 0.5) is 0 Å². The summed E-state index contributed by atoms with van der Waals surface area (Å²) < 4.78 is 13.4. The van der Waals surface area contributed by atoms with E-state index in [-0.39, 0.29) is 12.0 Å². The Morgan fingerprint density at radius 2 is 2.14 bits per heavy atom. The number of aromatic nitrogens is 4. The maximum atomic E-state index is 11.9. The topological polar surface area (TPSA) is 82.4 Å². The molecular formula is C21H25N5O3. The Morgan fingerprint density at radius 1 is 1.31 bits per heavy atom. The second kappa shape index (κ2) is 7.69. The molecule has 0 N–H and O–H groups in total. The standard InChI is InChI=1S/C21H25N5O3/c1-5-17(27)26-9-8-15(11-26)29-21-18-20(22-12-23-21)25(3)19(24-18)14-6-7-16(28-4)13(2)10-14/h6-7,10,12,15H,5,8-9,11H2,1-4H3. The van der Waals surface area contributed by atoms with Gasteiger partial charge in [0.2, 0.25) is 11.8 Å². The maximum Gasteiger partial charge on any atom is 0.245 e. The zero-order valence-electron chi connectivity index (χ0n) is 17.2. The number of rotatable bonds is 5. The van der Waals surface area contributed by atoms with Crippen molar-refractivity contribution in [1.29, 1.82) is 0 Å². The summed E-state index contributed by atoms with van der Waals surface area (Å²) in [6.45, 7) is 5.17. The second-order valence-corrected chi connectivity index (χ2v) is 7.25. The van der Waals surface area contributed by atoms with Crippen LogP contribution >= 0.6 is 0 Å². The molecule has 0 bridgehead atoms. The molecule has 0 saturated carbocycles. The molecule has 1 aromatic carbocycles. The number of nitrogens with zero attached hydrogens (tertiary/aromatic N) is 5. The van der Waals surface area contributed by atoms with Gasteiger partial charge in [-0.15, -0.1) is 0 Å². The van der Waals surface area contributed by atoms with Crippen LogP contribution in [0.1, 0.15) is 25.3 Å². The summed E-state index contributed by atoms with van der Waals surface area (Å²) >= 11 is 0. The van der Waals surface area contributed by atoms with Crippen molar-refractivity contribution in [2.45, 2.75) is 32.8 Å². The van der Waals surface area contributed by atoms with Crippen LogP contribution in [0.5, 0.6) is 11.6 Å². The fourth-order valence-electron chi connectivity index (χ4n) is 3.77. The van der Waals surface area contributed by atoms with Gasteiger partial charge in [-0.25, -0.2) is 9.97 Å². The van der Waals surface area contributed by atoms with Crippen molar-refractivity contribution in [3.8, 4) is 23.0 Å². The first-order chi connectivity index (χ1) is 14.0. The van der Waals surface area contributed by atoms with E-state index in [0.717, 1.165) is 29.1 Å². The molecule has 1 fully saturated rings. The minimum absolute atomic E-state index is 0.0858. The Kier molecular flexibility index (Phi) is 5.08. The van der Waals surface area contributed by atoms with Crippen LogP contribution in [0.25, 0.3) is 22.6 Å². The second-order valence-electron chi connectivity index (χ2n) is 7.25. The number of imidazole rings is 1. The third-order valence-corrected chi connectivity index (χ3v) is 5.35. The van der Waals surface area contributed by atoms with E-state index in [0.29, 0.717) is 36.6 Å². The van der Waals surface area contributed by atoms with Crippen molar-refractivity contribution in [2.75, 3.05) is 20.2 Å². The molecule has 0 spiro atoms. The number of carbonyl (C=O) groups excluding carboxylic acids is 1. The molecule has 1 atom stereocenters. The number of carbonyl (C=O) groups is 1. The molecule has 8 heteroatoms. The van der Waals surface area contributed by atoms with Crippen molar-refractivity contribution in [3.63, 3.8) is 0 Å². The number of amides is 1. The molecule has 1 amide bonds. The third-order valence-electron chi connectivity index (χ3n) is 5.35. The number of hydrogen-bond acceptors (Lipinski definition) is 6. The molecule has 8 nitrogen and oxygen atoms in total. The molecule has 152 valence electrons. The van der Waals surface area contributed by atoms with Gasteiger partial charge in [0, 0.05) is 32.0 Å². The molecule has 0 radical (unpaired) electrons. The average molecular weight is 395 g/mol. The highest BCUT2D eigenvalue weighted by atomic mass is 16.5. The van der Waals surface area contributed by atoms with Crippen molar-refractivity contribution >= 4 is 17.1 Å². The number of likely N-dealkylation sites (tertiary alicyclic amines) is 1. The maximum absolute atomic E-state index is 11.9. The normalized spacial score (nSPS) is 16.4. The predicted octanol–water partition coefficient (Wildman–Crippen LogP) is 2.74. The first-order valence-corrected chi connectivity index (χ1v) is 9.78. The highest BCUT2D eigenvalue weighted by molar-refractivity contribution is 5.81. The van der Waals surface area contributed by atoms with E-state index >= 15 is 0 Å². The lowest BCUT2D eigenvalue weighted by molar-refractivity contribution is -0.130. The SMILES string of the molecule is CCC(=O)N1CCC(Oc2ncnc3c2nc(-c2ccc(OC)c(C)c2)n3C)C1. The summed E-state index contributed by atoms with van der Waals surface area (Å²) in [7, 11) is 3.59. The van der Waals surface area contributed by atoms with Gasteiger partial charge in [0.05, 0.1) is 13.7 Å². The fourth-order valence-corrected chi connectivity index (χ4v) is 3.77. The van der Waals surface area contributed by atoms with Crippen LogP contribution in [0.2, 0.25) is 0 Å². The smallest absolute Gasteiger partial charge is 0.245 e. The van der Waals surface area contributed by atoms with E-state index in [1.165, 1.54) is 6.33 Å². The van der Waals surface area contributed by atoms with Gasteiger partial charge in [-0.05, 0) is 30.7 Å². The van der Waals surface area contributed by atoms with Gasteiger partial charge in [-0.3, -0.25) is 4.79 Å². The largest absolute Gasteiger partial charge is 0.496 e. The minimum atomic E-state index is -0.0858. The number of aryl methyl sites for hydroxylation is 2. The van der Waals surface area contributed by atoms with Crippen LogP contribution < -0.4 is 9.47 Å². The quantitative estimate of drug-likeness (QED) is 0.661. The Balaban J connectivity index is 1.65. The fraction of sp³-hybridized carbons (Fsp3) is 0.429. The van der Waals surface area contributed by atoms with Crippen LogP contribution in [0, 0.1) is 6.92 Å². The zero-order valence-corrected chi connectivity index (χ0v) is 17.2. The van der Waals surface area contributed by atoms with Gasteiger partial charge in [-0.2, -0.15) is 4.98 Å². The Bertz CT molecular complexity index is 1060. The Morgan fingerprint density at radius 3 is 2.86 bits per heavy atom. The van der Waals surface area contributed by atoms with E-state index in [1.807, 2.05) is 48.6 Å². The number of hydrogen-bond donors (Lipinski definition) is 0. The zero-order chi connectivity index (χ0) is 20.5. The molecule has 0 aliphatic carbocycles. The first-order valence-electron chi connectivity index (χ1n) is 9.78. The highest BCUT2D eigenvalue weighted by Crippen LogP contribution is 2.30. The number of ether oxygens (including phenoxy) is 2. The monoisotopic (exact) mass is 395 g/mol. The lowest BCUT2D eigenvalue weighted by Gasteiger charge is -2.16. The van der Waals surface area contributed by atoms with Gasteiger partial charge in [0.25, 0.3) is 0 Å². The van der Waals surface area contributed by atoms with Gasteiger partial charge in [0.1, 0.15) is 24.0 Å². The summed E-state index contributed by atoms with van der Waals surface area (Å²) in [5.41, 5.74) is 3.33. The molecule has 29 heavy (non-hydrogen) atoms. The van der Waals surface area contributed by atoms with Gasteiger partial charge in [0.15, 0.2) is 11.2 Å². The minimum Gasteiger partial charge on any atom is -0.496 e. The summed E-state index contributed by atoms with van der Waals surface area (Å²) in [4.78, 5) is 27.3. The van der Waals surface area contributed by atoms with Crippen molar-refractivity contribution in [2.24, 2.45) is 7.05 Å². The molecule has 3 heterocycles. The van der Waals surface area contributed by atoms with Gasteiger partial charge in [-0.1, -0.05) is 6.92 Å². The van der Waals surface area contributed by atoms with E-state index in [1.54, 1.807) is 7.11 Å². The Labute approximate surface area is 169 Å². The van der Waals surface area contributed by atoms with Gasteiger partial charge >= 0.3 is 0 Å². The van der Waals surface area contributed by atoms with Gasteiger partial charge < -0.3 is 18.9 Å². The molecular weight excluding hydrogens is 370 g/mol. The third kappa shape index (κ3) is 3.50. The molecule has 3 aromatic rings. The number of methoxy groups -OCH3 is 1. The van der Waals surface area contributed by atoms with Crippen LogP contribution in [0.3, 0.4) is 0 Å². The predicted molar refractivity (Wildman–Crippen MR) is 109 cm³/mol. The van der Waals surface area contributed by atoms with Crippen molar-refractivity contribution < 1.29 is 14.3 Å². The highest BCUT2D eigenvalue weighted by Gasteiger charge is 2.28. The first kappa shape index (κ1) is 19.2. The van der Waals surface area contributed by atoms with Crippen molar-refractivity contribution in [3.05, 3.63) is 30.1 Å². The lowest BCUT2D eigenvalue weighted by Crippen LogP contribution is -2.30. The number of benzene rings is 1. The lowest BCUT2D eigenvalue weighted by atomic mass is 10.1. The molecule has 1 unspecified atom stereocenters. The Hall–Kier alpha value is -3.16. The summed E-state index contributed by atoms with van der Waals surface area (Å²) in [6.07, 6.45) is 2.70.